The van der Waals surface area contributed by atoms with Gasteiger partial charge in [-0.1, -0.05) is 26.2 Å². The van der Waals surface area contributed by atoms with Crippen LogP contribution < -0.4 is 5.56 Å². The fraction of sp³-hybridized carbons (Fsp3) is 0.750. The second-order valence-electron chi connectivity index (χ2n) is 6.45. The number of aromatic hydroxyl groups is 1. The Balaban J connectivity index is 1.86. The van der Waals surface area contributed by atoms with Gasteiger partial charge in [-0.25, -0.2) is 0 Å². The predicted molar refractivity (Wildman–Crippen MR) is 78.1 cm³/mol. The van der Waals surface area contributed by atoms with E-state index < -0.39 is 0 Å². The molecule has 0 radical (unpaired) electrons. The number of aromatic amines is 1. The summed E-state index contributed by atoms with van der Waals surface area (Å²) in [4.78, 5) is 19.6. The minimum absolute atomic E-state index is 0.0180. The van der Waals surface area contributed by atoms with Crippen molar-refractivity contribution >= 4 is 0 Å². The summed E-state index contributed by atoms with van der Waals surface area (Å²) in [7, 11) is 0. The summed E-state index contributed by atoms with van der Waals surface area (Å²) in [5.41, 5.74) is 0.413. The molecule has 0 saturated heterocycles. The van der Waals surface area contributed by atoms with Crippen LogP contribution in [-0.4, -0.2) is 15.1 Å². The van der Waals surface area contributed by atoms with Crippen LogP contribution in [0.4, 0.5) is 0 Å². The van der Waals surface area contributed by atoms with Gasteiger partial charge in [-0.05, 0) is 43.9 Å². The molecule has 1 heterocycles. The molecule has 4 nitrogen and oxygen atoms in total. The van der Waals surface area contributed by atoms with Crippen molar-refractivity contribution in [1.29, 1.82) is 0 Å². The first kappa shape index (κ1) is 13.7. The minimum atomic E-state index is -0.112. The predicted octanol–water partition coefficient (Wildman–Crippen LogP) is 3.43. The molecule has 2 fully saturated rings. The molecule has 0 aliphatic heterocycles. The summed E-state index contributed by atoms with van der Waals surface area (Å²) in [6.45, 7) is 2.21. The highest BCUT2D eigenvalue weighted by molar-refractivity contribution is 5.28. The third-order valence-electron chi connectivity index (χ3n) is 5.22. The largest absolute Gasteiger partial charge is 0.493 e. The van der Waals surface area contributed by atoms with Crippen LogP contribution in [0.5, 0.6) is 5.88 Å². The van der Waals surface area contributed by atoms with Crippen molar-refractivity contribution in [3.05, 3.63) is 21.7 Å². The molecule has 0 amide bonds. The first-order valence-corrected chi connectivity index (χ1v) is 8.02. The van der Waals surface area contributed by atoms with Crippen LogP contribution in [0, 0.1) is 5.92 Å². The second kappa shape index (κ2) is 5.58. The molecule has 2 saturated carbocycles. The maximum absolute atomic E-state index is 12.3. The van der Waals surface area contributed by atoms with Gasteiger partial charge in [-0.15, -0.1) is 0 Å². The number of nitrogens with one attached hydrogen (secondary N) is 1. The number of rotatable bonds is 3. The Morgan fingerprint density at radius 1 is 1.20 bits per heavy atom. The molecule has 1 aromatic rings. The van der Waals surface area contributed by atoms with Crippen LogP contribution in [0.25, 0.3) is 0 Å². The summed E-state index contributed by atoms with van der Waals surface area (Å²) in [5.74, 6) is 1.94. The number of hydrogen-bond donors (Lipinski definition) is 2. The van der Waals surface area contributed by atoms with Crippen LogP contribution >= 0.6 is 0 Å². The van der Waals surface area contributed by atoms with Gasteiger partial charge in [0.25, 0.3) is 5.56 Å². The summed E-state index contributed by atoms with van der Waals surface area (Å²) < 4.78 is 0. The molecule has 1 aromatic heterocycles. The van der Waals surface area contributed by atoms with Gasteiger partial charge in [0.15, 0.2) is 0 Å². The van der Waals surface area contributed by atoms with E-state index in [0.717, 1.165) is 44.4 Å². The highest BCUT2D eigenvalue weighted by Crippen LogP contribution is 2.40. The molecule has 110 valence electrons. The van der Waals surface area contributed by atoms with Crippen LogP contribution in [0.15, 0.2) is 4.79 Å². The SMILES string of the molecule is CCC1CCC(c2nc(O)c(C3CCCC3)c(=O)[nH]2)C1. The molecule has 2 N–H and O–H groups in total. The van der Waals surface area contributed by atoms with E-state index in [1.54, 1.807) is 0 Å². The van der Waals surface area contributed by atoms with Gasteiger partial charge in [-0.2, -0.15) is 4.98 Å². The van der Waals surface area contributed by atoms with E-state index in [0.29, 0.717) is 17.3 Å². The Bertz CT molecular complexity index is 532. The smallest absolute Gasteiger partial charge is 0.258 e. The van der Waals surface area contributed by atoms with Gasteiger partial charge < -0.3 is 10.1 Å². The van der Waals surface area contributed by atoms with Crippen molar-refractivity contribution in [2.24, 2.45) is 5.92 Å². The Kier molecular flexibility index (Phi) is 3.81. The van der Waals surface area contributed by atoms with E-state index in [1.807, 2.05) is 0 Å². The standard InChI is InChI=1S/C16H24N2O2/c1-2-10-7-8-12(9-10)14-17-15(19)13(16(20)18-14)11-5-3-4-6-11/h10-12H,2-9H2,1H3,(H2,17,18,19,20). The van der Waals surface area contributed by atoms with Crippen LogP contribution in [0.1, 0.15) is 81.5 Å². The Morgan fingerprint density at radius 3 is 2.55 bits per heavy atom. The van der Waals surface area contributed by atoms with Crippen molar-refractivity contribution in [2.45, 2.75) is 70.1 Å². The molecule has 0 bridgehead atoms. The zero-order chi connectivity index (χ0) is 14.1. The van der Waals surface area contributed by atoms with E-state index in [4.69, 9.17) is 0 Å². The number of H-pyrrole nitrogens is 1. The minimum Gasteiger partial charge on any atom is -0.493 e. The molecule has 0 spiro atoms. The lowest BCUT2D eigenvalue weighted by molar-refractivity contribution is 0.427. The average Bonchev–Trinajstić information content (AvgIpc) is 3.09. The quantitative estimate of drug-likeness (QED) is 0.889. The molecular formula is C16H24N2O2. The molecular weight excluding hydrogens is 252 g/mol. The fourth-order valence-corrected chi connectivity index (χ4v) is 3.96. The third-order valence-corrected chi connectivity index (χ3v) is 5.22. The van der Waals surface area contributed by atoms with Crippen molar-refractivity contribution in [3.63, 3.8) is 0 Å². The van der Waals surface area contributed by atoms with Gasteiger partial charge >= 0.3 is 0 Å². The van der Waals surface area contributed by atoms with Crippen molar-refractivity contribution < 1.29 is 5.11 Å². The van der Waals surface area contributed by atoms with Crippen LogP contribution in [-0.2, 0) is 0 Å². The molecule has 3 rings (SSSR count). The first-order valence-electron chi connectivity index (χ1n) is 8.02. The average molecular weight is 276 g/mol. The maximum Gasteiger partial charge on any atom is 0.258 e. The molecule has 20 heavy (non-hydrogen) atoms. The van der Waals surface area contributed by atoms with E-state index in [2.05, 4.69) is 16.9 Å². The van der Waals surface area contributed by atoms with Gasteiger partial charge in [0.1, 0.15) is 5.82 Å². The summed E-state index contributed by atoms with van der Waals surface area (Å²) >= 11 is 0. The van der Waals surface area contributed by atoms with E-state index in [9.17, 15) is 9.90 Å². The molecule has 2 aliphatic rings. The highest BCUT2D eigenvalue weighted by Gasteiger charge is 2.29. The van der Waals surface area contributed by atoms with E-state index in [-0.39, 0.29) is 17.4 Å². The number of hydrogen-bond acceptors (Lipinski definition) is 3. The molecule has 0 aromatic carbocycles. The molecule has 2 atom stereocenters. The lowest BCUT2D eigenvalue weighted by atomic mass is 9.99. The summed E-state index contributed by atoms with van der Waals surface area (Å²) in [5, 5.41) is 10.2. The highest BCUT2D eigenvalue weighted by atomic mass is 16.3. The Labute approximate surface area is 119 Å². The second-order valence-corrected chi connectivity index (χ2v) is 6.45. The van der Waals surface area contributed by atoms with Gasteiger partial charge in [-0.3, -0.25) is 4.79 Å². The fourth-order valence-electron chi connectivity index (χ4n) is 3.96. The zero-order valence-electron chi connectivity index (χ0n) is 12.2. The topological polar surface area (TPSA) is 66.0 Å². The normalized spacial score (nSPS) is 27.2. The maximum atomic E-state index is 12.3. The monoisotopic (exact) mass is 276 g/mol. The summed E-state index contributed by atoms with van der Waals surface area (Å²) in [6, 6.07) is 0. The zero-order valence-corrected chi connectivity index (χ0v) is 12.2. The Hall–Kier alpha value is -1.32. The van der Waals surface area contributed by atoms with Gasteiger partial charge in [0, 0.05) is 5.92 Å². The van der Waals surface area contributed by atoms with Crippen molar-refractivity contribution in [2.75, 3.05) is 0 Å². The number of nitrogens with zero attached hydrogens (tertiary/aromatic N) is 1. The molecule has 2 unspecified atom stereocenters. The lowest BCUT2D eigenvalue weighted by Crippen LogP contribution is -2.20. The first-order chi connectivity index (χ1) is 9.69. The van der Waals surface area contributed by atoms with Crippen LogP contribution in [0.3, 0.4) is 0 Å². The van der Waals surface area contributed by atoms with Crippen molar-refractivity contribution in [1.82, 2.24) is 9.97 Å². The molecule has 4 heteroatoms. The summed E-state index contributed by atoms with van der Waals surface area (Å²) in [6.07, 6.45) is 8.84. The Morgan fingerprint density at radius 2 is 1.95 bits per heavy atom. The van der Waals surface area contributed by atoms with Crippen molar-refractivity contribution in [3.8, 4) is 5.88 Å². The van der Waals surface area contributed by atoms with E-state index in [1.165, 1.54) is 12.8 Å². The van der Waals surface area contributed by atoms with Crippen LogP contribution in [0.2, 0.25) is 0 Å². The van der Waals surface area contributed by atoms with Gasteiger partial charge in [0.2, 0.25) is 5.88 Å². The molecule has 2 aliphatic carbocycles. The lowest BCUT2D eigenvalue weighted by Gasteiger charge is -2.14. The van der Waals surface area contributed by atoms with E-state index >= 15 is 0 Å². The van der Waals surface area contributed by atoms with Gasteiger partial charge in [0.05, 0.1) is 5.56 Å². The third kappa shape index (κ3) is 2.48. The number of aromatic nitrogens is 2.